The van der Waals surface area contributed by atoms with E-state index < -0.39 is 0 Å². The van der Waals surface area contributed by atoms with Gasteiger partial charge < -0.3 is 4.90 Å². The molecule has 1 aromatic carbocycles. The first-order chi connectivity index (χ1) is 10.6. The summed E-state index contributed by atoms with van der Waals surface area (Å²) in [5.74, 6) is 0.451. The predicted molar refractivity (Wildman–Crippen MR) is 88.9 cm³/mol. The maximum atomic E-state index is 11.6. The Morgan fingerprint density at radius 1 is 1.23 bits per heavy atom. The van der Waals surface area contributed by atoms with Crippen molar-refractivity contribution in [2.45, 2.75) is 25.7 Å². The molecule has 1 aliphatic heterocycles. The monoisotopic (exact) mass is 314 g/mol. The van der Waals surface area contributed by atoms with Crippen LogP contribution in [0.1, 0.15) is 31.4 Å². The number of hydrogen-bond acceptors (Lipinski definition) is 2. The van der Waals surface area contributed by atoms with Crippen LogP contribution < -0.4 is 0 Å². The molecule has 0 radical (unpaired) electrons. The fraction of sp³-hybridized carbons (Fsp3) is 0.333. The van der Waals surface area contributed by atoms with Crippen molar-refractivity contribution >= 4 is 17.5 Å². The third kappa shape index (κ3) is 3.14. The van der Waals surface area contributed by atoms with Gasteiger partial charge in [-0.15, -0.1) is 0 Å². The van der Waals surface area contributed by atoms with Gasteiger partial charge in [0.15, 0.2) is 0 Å². The third-order valence-electron chi connectivity index (χ3n) is 4.21. The zero-order valence-electron chi connectivity index (χ0n) is 12.6. The molecule has 2 aromatic rings. The van der Waals surface area contributed by atoms with Gasteiger partial charge in [-0.3, -0.25) is 9.78 Å². The van der Waals surface area contributed by atoms with Crippen LogP contribution in [0.5, 0.6) is 0 Å². The van der Waals surface area contributed by atoms with Gasteiger partial charge in [0.05, 0.1) is 5.69 Å². The third-order valence-corrected chi connectivity index (χ3v) is 4.54. The SMILES string of the molecule is CC(=O)N1CCC[C@@H](c2cccc(-c3ccccc3Cl)n2)C1. The van der Waals surface area contributed by atoms with Crippen molar-refractivity contribution in [2.24, 2.45) is 0 Å². The standard InChI is InChI=1S/C18H19ClN2O/c1-13(22)21-11-5-6-14(12-21)17-9-4-10-18(20-17)15-7-2-3-8-16(15)19/h2-4,7-10,14H,5-6,11-12H2,1H3/t14-/m1/s1. The first-order valence-corrected chi connectivity index (χ1v) is 8.00. The van der Waals surface area contributed by atoms with Crippen LogP contribution in [-0.2, 0) is 4.79 Å². The van der Waals surface area contributed by atoms with Gasteiger partial charge in [-0.05, 0) is 31.0 Å². The second kappa shape index (κ2) is 6.49. The predicted octanol–water partition coefficient (Wildman–Crippen LogP) is 4.13. The number of aromatic nitrogens is 1. The lowest BCUT2D eigenvalue weighted by molar-refractivity contribution is -0.130. The molecule has 1 fully saturated rings. The molecule has 3 nitrogen and oxygen atoms in total. The smallest absolute Gasteiger partial charge is 0.219 e. The Morgan fingerprint density at radius 3 is 2.82 bits per heavy atom. The van der Waals surface area contributed by atoms with Crippen LogP contribution in [0.3, 0.4) is 0 Å². The molecule has 0 aliphatic carbocycles. The van der Waals surface area contributed by atoms with E-state index >= 15 is 0 Å². The summed E-state index contributed by atoms with van der Waals surface area (Å²) in [4.78, 5) is 18.3. The van der Waals surface area contributed by atoms with Gasteiger partial charge in [-0.25, -0.2) is 0 Å². The van der Waals surface area contributed by atoms with E-state index in [4.69, 9.17) is 16.6 Å². The first kappa shape index (κ1) is 15.0. The molecule has 0 unspecified atom stereocenters. The molecule has 1 aliphatic rings. The molecule has 1 saturated heterocycles. The molecule has 1 atom stereocenters. The normalized spacial score (nSPS) is 18.3. The molecule has 3 rings (SSSR count). The number of carbonyl (C=O) groups is 1. The summed E-state index contributed by atoms with van der Waals surface area (Å²) in [6, 6.07) is 13.8. The molecule has 22 heavy (non-hydrogen) atoms. The van der Waals surface area contributed by atoms with Crippen molar-refractivity contribution < 1.29 is 4.79 Å². The number of halogens is 1. The molecule has 0 saturated carbocycles. The summed E-state index contributed by atoms with van der Waals surface area (Å²) in [6.07, 6.45) is 2.10. The largest absolute Gasteiger partial charge is 0.342 e. The highest BCUT2D eigenvalue weighted by Gasteiger charge is 2.24. The lowest BCUT2D eigenvalue weighted by Gasteiger charge is -2.31. The van der Waals surface area contributed by atoms with E-state index in [0.717, 1.165) is 42.9 Å². The Kier molecular flexibility index (Phi) is 4.44. The van der Waals surface area contributed by atoms with E-state index in [1.54, 1.807) is 6.92 Å². The lowest BCUT2D eigenvalue weighted by Crippen LogP contribution is -2.37. The fourth-order valence-corrected chi connectivity index (χ4v) is 3.23. The van der Waals surface area contributed by atoms with Gasteiger partial charge in [0.1, 0.15) is 0 Å². The molecule has 0 bridgehead atoms. The van der Waals surface area contributed by atoms with Crippen molar-refractivity contribution in [2.75, 3.05) is 13.1 Å². The molecule has 4 heteroatoms. The summed E-state index contributed by atoms with van der Waals surface area (Å²) in [5.41, 5.74) is 2.89. The number of likely N-dealkylation sites (tertiary alicyclic amines) is 1. The number of amides is 1. The van der Waals surface area contributed by atoms with Gasteiger partial charge >= 0.3 is 0 Å². The summed E-state index contributed by atoms with van der Waals surface area (Å²) >= 11 is 6.27. The molecule has 1 aromatic heterocycles. The van der Waals surface area contributed by atoms with E-state index in [-0.39, 0.29) is 5.91 Å². The molecule has 0 spiro atoms. The number of piperidine rings is 1. The minimum atomic E-state index is 0.145. The number of rotatable bonds is 2. The number of nitrogens with zero attached hydrogens (tertiary/aromatic N) is 2. The first-order valence-electron chi connectivity index (χ1n) is 7.62. The summed E-state index contributed by atoms with van der Waals surface area (Å²) in [5, 5.41) is 0.709. The van der Waals surface area contributed by atoms with Crippen LogP contribution in [0.2, 0.25) is 5.02 Å². The van der Waals surface area contributed by atoms with E-state index in [2.05, 4.69) is 6.07 Å². The van der Waals surface area contributed by atoms with Crippen LogP contribution in [0.4, 0.5) is 0 Å². The summed E-state index contributed by atoms with van der Waals surface area (Å²) < 4.78 is 0. The van der Waals surface area contributed by atoms with Crippen molar-refractivity contribution in [1.29, 1.82) is 0 Å². The van der Waals surface area contributed by atoms with Crippen LogP contribution in [0.15, 0.2) is 42.5 Å². The molecule has 0 N–H and O–H groups in total. The number of benzene rings is 1. The van der Waals surface area contributed by atoms with E-state index in [0.29, 0.717) is 10.9 Å². The zero-order chi connectivity index (χ0) is 15.5. The molecular weight excluding hydrogens is 296 g/mol. The lowest BCUT2D eigenvalue weighted by atomic mass is 9.94. The van der Waals surface area contributed by atoms with Crippen molar-refractivity contribution in [3.8, 4) is 11.3 Å². The van der Waals surface area contributed by atoms with Gasteiger partial charge in [0.25, 0.3) is 0 Å². The minimum Gasteiger partial charge on any atom is -0.342 e. The average molecular weight is 315 g/mol. The summed E-state index contributed by atoms with van der Waals surface area (Å²) in [6.45, 7) is 3.25. The van der Waals surface area contributed by atoms with Gasteiger partial charge in [0, 0.05) is 42.2 Å². The van der Waals surface area contributed by atoms with Crippen LogP contribution in [0.25, 0.3) is 11.3 Å². The Labute approximate surface area is 135 Å². The Hall–Kier alpha value is -1.87. The Morgan fingerprint density at radius 2 is 2.05 bits per heavy atom. The van der Waals surface area contributed by atoms with E-state index in [1.165, 1.54) is 0 Å². The highest BCUT2D eigenvalue weighted by Crippen LogP contribution is 2.30. The maximum Gasteiger partial charge on any atom is 0.219 e. The summed E-state index contributed by atoms with van der Waals surface area (Å²) in [7, 11) is 0. The average Bonchev–Trinajstić information content (AvgIpc) is 2.55. The van der Waals surface area contributed by atoms with Crippen molar-refractivity contribution in [3.05, 3.63) is 53.2 Å². The molecule has 2 heterocycles. The highest BCUT2D eigenvalue weighted by molar-refractivity contribution is 6.33. The Bertz CT molecular complexity index is 686. The molecule has 114 valence electrons. The number of carbonyl (C=O) groups excluding carboxylic acids is 1. The van der Waals surface area contributed by atoms with Gasteiger partial charge in [0.2, 0.25) is 5.91 Å². The maximum absolute atomic E-state index is 11.6. The van der Waals surface area contributed by atoms with Crippen molar-refractivity contribution in [3.63, 3.8) is 0 Å². The second-order valence-corrected chi connectivity index (χ2v) is 6.14. The van der Waals surface area contributed by atoms with Crippen LogP contribution >= 0.6 is 11.6 Å². The quantitative estimate of drug-likeness (QED) is 0.835. The number of pyridine rings is 1. The zero-order valence-corrected chi connectivity index (χ0v) is 13.4. The topological polar surface area (TPSA) is 33.2 Å². The van der Waals surface area contributed by atoms with E-state index in [9.17, 15) is 4.79 Å². The minimum absolute atomic E-state index is 0.145. The Balaban J connectivity index is 1.88. The van der Waals surface area contributed by atoms with Gasteiger partial charge in [-0.1, -0.05) is 35.9 Å². The van der Waals surface area contributed by atoms with Crippen LogP contribution in [-0.4, -0.2) is 28.9 Å². The van der Waals surface area contributed by atoms with E-state index in [1.807, 2.05) is 41.3 Å². The van der Waals surface area contributed by atoms with Crippen molar-refractivity contribution in [1.82, 2.24) is 9.88 Å². The second-order valence-electron chi connectivity index (χ2n) is 5.73. The number of hydrogen-bond donors (Lipinski definition) is 0. The highest BCUT2D eigenvalue weighted by atomic mass is 35.5. The molecular formula is C18H19ClN2O. The molecule has 1 amide bonds. The van der Waals surface area contributed by atoms with Gasteiger partial charge in [-0.2, -0.15) is 0 Å². The fourth-order valence-electron chi connectivity index (χ4n) is 3.00. The van der Waals surface area contributed by atoms with Crippen LogP contribution in [0, 0.1) is 0 Å².